The van der Waals surface area contributed by atoms with Crippen molar-refractivity contribution >= 4 is 49.1 Å². The maximum atomic E-state index is 14.8. The third kappa shape index (κ3) is 9.78. The standard InChI is InChI=1S/C34H46ClFN8O4Si/c1-34(2,3)49(5,6)47-20-29-28(16-27(41-42-29)25-15-23(35)7-8-26(25)36)39-30-17-31(38-21-37-30)40-32(45)19-44-13-9-22(10-14-44)33(46)48-24-11-12-43(4)18-24/h7-8,15-17,21-22,24H,9-14,18-20H2,1-6H3,(H2,37,38,39,40,41,45)/t24-/m1/s1. The number of ether oxygens (including phenoxy) is 1. The van der Waals surface area contributed by atoms with E-state index >= 15 is 0 Å². The Kier molecular flexibility index (Phi) is 11.6. The van der Waals surface area contributed by atoms with Gasteiger partial charge in [-0.25, -0.2) is 14.4 Å². The van der Waals surface area contributed by atoms with Crippen molar-refractivity contribution in [1.29, 1.82) is 0 Å². The van der Waals surface area contributed by atoms with Crippen molar-refractivity contribution in [2.75, 3.05) is 50.4 Å². The van der Waals surface area contributed by atoms with Crippen molar-refractivity contribution in [2.24, 2.45) is 5.92 Å². The number of aromatic nitrogens is 4. The van der Waals surface area contributed by atoms with Gasteiger partial charge in [-0.2, -0.15) is 5.10 Å². The van der Waals surface area contributed by atoms with E-state index in [0.29, 0.717) is 54.0 Å². The highest BCUT2D eigenvalue weighted by Gasteiger charge is 2.37. The van der Waals surface area contributed by atoms with Crippen LogP contribution >= 0.6 is 11.6 Å². The van der Waals surface area contributed by atoms with Crippen LogP contribution in [0.25, 0.3) is 11.3 Å². The van der Waals surface area contributed by atoms with Gasteiger partial charge in [0.25, 0.3) is 0 Å². The molecule has 2 saturated heterocycles. The van der Waals surface area contributed by atoms with E-state index in [9.17, 15) is 14.0 Å². The summed E-state index contributed by atoms with van der Waals surface area (Å²) in [5, 5.41) is 15.2. The second kappa shape index (κ2) is 15.5. The maximum Gasteiger partial charge on any atom is 0.309 e. The molecular weight excluding hydrogens is 667 g/mol. The van der Waals surface area contributed by atoms with E-state index in [1.807, 2.05) is 11.9 Å². The van der Waals surface area contributed by atoms with Crippen molar-refractivity contribution in [2.45, 2.75) is 70.9 Å². The Labute approximate surface area is 293 Å². The van der Waals surface area contributed by atoms with Crippen LogP contribution in [-0.4, -0.2) is 96.0 Å². The lowest BCUT2D eigenvalue weighted by molar-refractivity contribution is -0.155. The summed E-state index contributed by atoms with van der Waals surface area (Å²) >= 11 is 6.16. The lowest BCUT2D eigenvalue weighted by atomic mass is 9.97. The molecule has 12 nitrogen and oxygen atoms in total. The number of esters is 1. The second-order valence-corrected chi connectivity index (χ2v) is 19.6. The monoisotopic (exact) mass is 712 g/mol. The number of piperidine rings is 1. The van der Waals surface area contributed by atoms with Crippen LogP contribution < -0.4 is 10.6 Å². The number of hydrogen-bond acceptors (Lipinski definition) is 11. The number of carbonyl (C=O) groups excluding carboxylic acids is 2. The number of likely N-dealkylation sites (tertiary alicyclic amines) is 2. The summed E-state index contributed by atoms with van der Waals surface area (Å²) in [6, 6.07) is 7.54. The third-order valence-electron chi connectivity index (χ3n) is 9.57. The number of amides is 1. The largest absolute Gasteiger partial charge is 0.461 e. The van der Waals surface area contributed by atoms with Crippen LogP contribution in [0.4, 0.5) is 21.7 Å². The van der Waals surface area contributed by atoms with E-state index in [0.717, 1.165) is 19.5 Å². The van der Waals surface area contributed by atoms with Crippen LogP contribution in [0, 0.1) is 11.7 Å². The van der Waals surface area contributed by atoms with E-state index in [1.54, 1.807) is 12.1 Å². The molecule has 0 aliphatic carbocycles. The molecule has 2 aromatic heterocycles. The Morgan fingerprint density at radius 3 is 2.47 bits per heavy atom. The molecule has 2 aliphatic rings. The predicted molar refractivity (Wildman–Crippen MR) is 190 cm³/mol. The zero-order chi connectivity index (χ0) is 35.3. The molecule has 1 aromatic carbocycles. The van der Waals surface area contributed by atoms with Crippen molar-refractivity contribution in [3.63, 3.8) is 0 Å². The number of carbonyl (C=O) groups is 2. The molecule has 0 radical (unpaired) electrons. The van der Waals surface area contributed by atoms with Gasteiger partial charge in [0.05, 0.1) is 30.5 Å². The Morgan fingerprint density at radius 1 is 1.04 bits per heavy atom. The molecule has 2 N–H and O–H groups in total. The fourth-order valence-corrected chi connectivity index (χ4v) is 6.62. The number of hydrogen-bond donors (Lipinski definition) is 2. The molecule has 15 heteroatoms. The molecule has 3 aromatic rings. The number of halogens is 2. The zero-order valence-electron chi connectivity index (χ0n) is 29.1. The number of rotatable bonds is 11. The van der Waals surface area contributed by atoms with Crippen LogP contribution in [0.15, 0.2) is 36.7 Å². The lowest BCUT2D eigenvalue weighted by Crippen LogP contribution is -2.41. The van der Waals surface area contributed by atoms with Gasteiger partial charge in [0.1, 0.15) is 35.6 Å². The summed E-state index contributed by atoms with van der Waals surface area (Å²) in [6.07, 6.45) is 3.49. The highest BCUT2D eigenvalue weighted by atomic mass is 35.5. The summed E-state index contributed by atoms with van der Waals surface area (Å²) in [6.45, 7) is 14.1. The normalized spacial score (nSPS) is 18.0. The van der Waals surface area contributed by atoms with Gasteiger partial charge in [0.2, 0.25) is 5.91 Å². The SMILES string of the molecule is CN1CC[C@@H](OC(=O)C2CCN(CC(=O)Nc3cc(Nc4cc(-c5cc(Cl)ccc5F)nnc4CO[Si](C)(C)C(C)(C)C)ncn3)CC2)C1. The highest BCUT2D eigenvalue weighted by molar-refractivity contribution is 6.74. The molecule has 2 fully saturated rings. The van der Waals surface area contributed by atoms with E-state index in [2.05, 4.69) is 69.6 Å². The molecule has 5 rings (SSSR count). The molecule has 4 heterocycles. The first-order valence-corrected chi connectivity index (χ1v) is 19.9. The smallest absolute Gasteiger partial charge is 0.309 e. The van der Waals surface area contributed by atoms with Crippen molar-refractivity contribution in [3.05, 3.63) is 53.2 Å². The second-order valence-electron chi connectivity index (χ2n) is 14.4. The molecule has 0 unspecified atom stereocenters. The molecule has 49 heavy (non-hydrogen) atoms. The van der Waals surface area contributed by atoms with Gasteiger partial charge in [-0.05, 0) is 81.8 Å². The van der Waals surface area contributed by atoms with Crippen LogP contribution in [0.5, 0.6) is 0 Å². The van der Waals surface area contributed by atoms with Gasteiger partial charge in [-0.1, -0.05) is 32.4 Å². The minimum absolute atomic E-state index is 0.0219. The fraction of sp³-hybridized carbons (Fsp3) is 0.529. The number of nitrogens with zero attached hydrogens (tertiary/aromatic N) is 6. The van der Waals surface area contributed by atoms with Crippen LogP contribution in [0.2, 0.25) is 23.2 Å². The minimum Gasteiger partial charge on any atom is -0.461 e. The first-order chi connectivity index (χ1) is 23.2. The summed E-state index contributed by atoms with van der Waals surface area (Å²) in [7, 11) is -0.110. The molecular formula is C34H46ClFN8O4Si. The Hall–Kier alpha value is -3.56. The van der Waals surface area contributed by atoms with Gasteiger partial charge in [0, 0.05) is 29.7 Å². The molecule has 2 aliphatic heterocycles. The van der Waals surface area contributed by atoms with E-state index in [-0.39, 0.29) is 53.3 Å². The minimum atomic E-state index is -2.14. The van der Waals surface area contributed by atoms with Gasteiger partial charge < -0.3 is 24.7 Å². The topological polar surface area (TPSA) is 135 Å². The van der Waals surface area contributed by atoms with Crippen molar-refractivity contribution < 1.29 is 23.1 Å². The average molecular weight is 713 g/mol. The number of anilines is 3. The van der Waals surface area contributed by atoms with Crippen molar-refractivity contribution in [1.82, 2.24) is 30.0 Å². The summed E-state index contributed by atoms with van der Waals surface area (Å²) in [4.78, 5) is 38.4. The van der Waals surface area contributed by atoms with Crippen molar-refractivity contribution in [3.8, 4) is 11.3 Å². The van der Waals surface area contributed by atoms with E-state index < -0.39 is 14.1 Å². The molecule has 1 amide bonds. The Bertz CT molecular complexity index is 1650. The lowest BCUT2D eigenvalue weighted by Gasteiger charge is -2.36. The van der Waals surface area contributed by atoms with E-state index in [4.69, 9.17) is 20.8 Å². The van der Waals surface area contributed by atoms with Crippen LogP contribution in [0.1, 0.15) is 45.7 Å². The van der Waals surface area contributed by atoms with Gasteiger partial charge in [0.15, 0.2) is 8.32 Å². The third-order valence-corrected chi connectivity index (χ3v) is 14.3. The molecule has 0 spiro atoms. The molecule has 1 atom stereocenters. The Balaban J connectivity index is 1.23. The van der Waals surface area contributed by atoms with Gasteiger partial charge in [-0.3, -0.25) is 14.5 Å². The molecule has 0 bridgehead atoms. The first-order valence-electron chi connectivity index (χ1n) is 16.6. The van der Waals surface area contributed by atoms with Crippen LogP contribution in [0.3, 0.4) is 0 Å². The average Bonchev–Trinajstić information content (AvgIpc) is 3.45. The van der Waals surface area contributed by atoms with Crippen LogP contribution in [-0.2, 0) is 25.4 Å². The van der Waals surface area contributed by atoms with Gasteiger partial charge in [-0.15, -0.1) is 5.10 Å². The summed E-state index contributed by atoms with van der Waals surface area (Å²) in [5.74, 6) is -0.289. The number of likely N-dealkylation sites (N-methyl/N-ethyl adjacent to an activating group) is 1. The Morgan fingerprint density at radius 2 is 1.78 bits per heavy atom. The fourth-order valence-electron chi connectivity index (χ4n) is 5.52. The maximum absolute atomic E-state index is 14.8. The highest BCUT2D eigenvalue weighted by Crippen LogP contribution is 2.38. The van der Waals surface area contributed by atoms with Gasteiger partial charge >= 0.3 is 5.97 Å². The summed E-state index contributed by atoms with van der Waals surface area (Å²) < 4.78 is 26.9. The number of nitrogens with one attached hydrogen (secondary N) is 2. The molecule has 264 valence electrons. The first kappa shape index (κ1) is 36.7. The molecule has 0 saturated carbocycles. The summed E-state index contributed by atoms with van der Waals surface area (Å²) in [5.41, 5.74) is 1.52. The van der Waals surface area contributed by atoms with E-state index in [1.165, 1.54) is 24.5 Å². The zero-order valence-corrected chi connectivity index (χ0v) is 30.8. The number of benzene rings is 1. The predicted octanol–water partition coefficient (Wildman–Crippen LogP) is 5.89. The quantitative estimate of drug-likeness (QED) is 0.182.